The summed E-state index contributed by atoms with van der Waals surface area (Å²) < 4.78 is 10.6. The molecule has 0 aliphatic carbocycles. The van der Waals surface area contributed by atoms with Gasteiger partial charge < -0.3 is 9.47 Å². The second-order valence-electron chi connectivity index (χ2n) is 7.56. The van der Waals surface area contributed by atoms with Crippen LogP contribution in [-0.2, 0) is 13.1 Å². The largest absolute Gasteiger partial charge is 0.497 e. The van der Waals surface area contributed by atoms with Gasteiger partial charge in [-0.15, -0.1) is 0 Å². The third-order valence-electron chi connectivity index (χ3n) is 5.62. The lowest BCUT2D eigenvalue weighted by atomic mass is 10.1. The lowest BCUT2D eigenvalue weighted by molar-refractivity contribution is 0.126. The lowest BCUT2D eigenvalue weighted by Gasteiger charge is -2.31. The molecular formula is C25H27ClN2O2. The summed E-state index contributed by atoms with van der Waals surface area (Å²) in [6.07, 6.45) is 0.200. The van der Waals surface area contributed by atoms with Crippen LogP contribution in [0.4, 0.5) is 0 Å². The van der Waals surface area contributed by atoms with Crippen molar-refractivity contribution in [1.82, 2.24) is 9.80 Å². The fraction of sp³-hybridized carbons (Fsp3) is 0.280. The molecule has 1 aliphatic heterocycles. The Bertz CT molecular complexity index is 885. The van der Waals surface area contributed by atoms with Gasteiger partial charge in [-0.05, 0) is 53.1 Å². The Kier molecular flexibility index (Phi) is 6.58. The van der Waals surface area contributed by atoms with Gasteiger partial charge in [0.25, 0.3) is 0 Å². The van der Waals surface area contributed by atoms with Crippen molar-refractivity contribution in [1.29, 1.82) is 0 Å². The number of ether oxygens (including phenoxy) is 2. The lowest BCUT2D eigenvalue weighted by Crippen LogP contribution is -2.30. The molecule has 0 amide bonds. The van der Waals surface area contributed by atoms with Crippen molar-refractivity contribution in [2.45, 2.75) is 19.3 Å². The molecule has 5 heteroatoms. The first kappa shape index (κ1) is 20.7. The summed E-state index contributed by atoms with van der Waals surface area (Å²) >= 11 is 6.16. The average Bonchev–Trinajstić information content (AvgIpc) is 3.17. The van der Waals surface area contributed by atoms with E-state index in [0.717, 1.165) is 42.7 Å². The van der Waals surface area contributed by atoms with Crippen molar-refractivity contribution in [3.8, 4) is 11.5 Å². The predicted octanol–water partition coefficient (Wildman–Crippen LogP) is 5.37. The summed E-state index contributed by atoms with van der Waals surface area (Å²) in [5.41, 5.74) is 3.82. The van der Waals surface area contributed by atoms with Crippen molar-refractivity contribution in [2.75, 3.05) is 27.3 Å². The highest BCUT2D eigenvalue weighted by Gasteiger charge is 2.33. The van der Waals surface area contributed by atoms with Crippen LogP contribution in [0.25, 0.3) is 0 Å². The maximum Gasteiger partial charge on any atom is 0.118 e. The maximum atomic E-state index is 6.16. The average molecular weight is 423 g/mol. The van der Waals surface area contributed by atoms with Crippen molar-refractivity contribution in [3.05, 3.63) is 94.5 Å². The number of nitrogens with zero attached hydrogens (tertiary/aromatic N) is 2. The minimum absolute atomic E-state index is 0.200. The Morgan fingerprint density at radius 2 is 1.13 bits per heavy atom. The van der Waals surface area contributed by atoms with Gasteiger partial charge in [0.05, 0.1) is 20.4 Å². The summed E-state index contributed by atoms with van der Waals surface area (Å²) in [5.74, 6) is 1.77. The van der Waals surface area contributed by atoms with Crippen LogP contribution in [-0.4, -0.2) is 37.1 Å². The van der Waals surface area contributed by atoms with Gasteiger partial charge in [0.1, 0.15) is 11.5 Å². The molecule has 0 spiro atoms. The molecule has 156 valence electrons. The number of halogens is 1. The van der Waals surface area contributed by atoms with E-state index in [0.29, 0.717) is 0 Å². The molecule has 0 saturated carbocycles. The fourth-order valence-corrected chi connectivity index (χ4v) is 4.18. The number of methoxy groups -OCH3 is 2. The highest BCUT2D eigenvalue weighted by atomic mass is 35.5. The molecule has 0 unspecified atom stereocenters. The summed E-state index contributed by atoms with van der Waals surface area (Å²) in [5, 5.41) is 0.764. The zero-order chi connectivity index (χ0) is 20.9. The van der Waals surface area contributed by atoms with Gasteiger partial charge in [-0.1, -0.05) is 48.0 Å². The Morgan fingerprint density at radius 3 is 1.53 bits per heavy atom. The van der Waals surface area contributed by atoms with Crippen LogP contribution < -0.4 is 9.47 Å². The fourth-order valence-electron chi connectivity index (χ4n) is 4.05. The highest BCUT2D eigenvalue weighted by molar-refractivity contribution is 6.30. The SMILES string of the molecule is COc1ccc(CN2CCN(Cc3ccc(OC)cc3)C2c2ccc(Cl)cc2)cc1. The molecule has 1 saturated heterocycles. The Balaban J connectivity index is 1.56. The van der Waals surface area contributed by atoms with E-state index in [2.05, 4.69) is 46.2 Å². The topological polar surface area (TPSA) is 24.9 Å². The van der Waals surface area contributed by atoms with Crippen molar-refractivity contribution in [2.24, 2.45) is 0 Å². The molecule has 0 bridgehead atoms. The third kappa shape index (κ3) is 4.78. The zero-order valence-electron chi connectivity index (χ0n) is 17.4. The monoisotopic (exact) mass is 422 g/mol. The van der Waals surface area contributed by atoms with Gasteiger partial charge in [-0.25, -0.2) is 0 Å². The predicted molar refractivity (Wildman–Crippen MR) is 121 cm³/mol. The number of hydrogen-bond acceptors (Lipinski definition) is 4. The number of benzene rings is 3. The van der Waals surface area contributed by atoms with E-state index >= 15 is 0 Å². The molecule has 1 fully saturated rings. The first-order valence-electron chi connectivity index (χ1n) is 10.2. The maximum absolute atomic E-state index is 6.16. The molecule has 0 radical (unpaired) electrons. The Hall–Kier alpha value is -2.53. The normalized spacial score (nSPS) is 15.4. The quantitative estimate of drug-likeness (QED) is 0.510. The minimum Gasteiger partial charge on any atom is -0.497 e. The van der Waals surface area contributed by atoms with E-state index < -0.39 is 0 Å². The van der Waals surface area contributed by atoms with Gasteiger partial charge in [0.15, 0.2) is 0 Å². The summed E-state index contributed by atoms with van der Waals surface area (Å²) in [4.78, 5) is 5.04. The van der Waals surface area contributed by atoms with Crippen LogP contribution >= 0.6 is 11.6 Å². The van der Waals surface area contributed by atoms with Crippen molar-refractivity contribution < 1.29 is 9.47 Å². The van der Waals surface area contributed by atoms with Crippen LogP contribution in [0.2, 0.25) is 5.02 Å². The summed E-state index contributed by atoms with van der Waals surface area (Å²) in [7, 11) is 3.40. The summed E-state index contributed by atoms with van der Waals surface area (Å²) in [6.45, 7) is 3.79. The summed E-state index contributed by atoms with van der Waals surface area (Å²) in [6, 6.07) is 24.9. The molecular weight excluding hydrogens is 396 g/mol. The van der Waals surface area contributed by atoms with Crippen molar-refractivity contribution in [3.63, 3.8) is 0 Å². The van der Waals surface area contributed by atoms with Crippen LogP contribution in [0.1, 0.15) is 22.9 Å². The second-order valence-corrected chi connectivity index (χ2v) is 8.00. The molecule has 0 N–H and O–H groups in total. The standard InChI is InChI=1S/C25H27ClN2O2/c1-29-23-11-3-19(4-12-23)17-27-15-16-28(18-20-5-13-24(30-2)14-6-20)25(27)21-7-9-22(26)10-8-21/h3-14,25H,15-18H2,1-2H3. The molecule has 4 rings (SSSR count). The van der Waals surface area contributed by atoms with E-state index in [9.17, 15) is 0 Å². The minimum atomic E-state index is 0.200. The Morgan fingerprint density at radius 1 is 0.700 bits per heavy atom. The van der Waals surface area contributed by atoms with Gasteiger partial charge in [0.2, 0.25) is 0 Å². The smallest absolute Gasteiger partial charge is 0.118 e. The van der Waals surface area contributed by atoms with E-state index in [1.165, 1.54) is 16.7 Å². The van der Waals surface area contributed by atoms with Crippen LogP contribution in [0.15, 0.2) is 72.8 Å². The number of rotatable bonds is 7. The molecule has 0 atom stereocenters. The molecule has 1 aliphatic rings. The third-order valence-corrected chi connectivity index (χ3v) is 5.88. The second kappa shape index (κ2) is 9.52. The van der Waals surface area contributed by atoms with Gasteiger partial charge in [-0.3, -0.25) is 9.80 Å². The molecule has 30 heavy (non-hydrogen) atoms. The van der Waals surface area contributed by atoms with E-state index in [-0.39, 0.29) is 6.17 Å². The van der Waals surface area contributed by atoms with E-state index in [4.69, 9.17) is 21.1 Å². The molecule has 3 aromatic rings. The Labute approximate surface area is 183 Å². The first-order valence-corrected chi connectivity index (χ1v) is 10.5. The number of hydrogen-bond donors (Lipinski definition) is 0. The zero-order valence-corrected chi connectivity index (χ0v) is 18.2. The molecule has 1 heterocycles. The van der Waals surface area contributed by atoms with E-state index in [1.807, 2.05) is 36.4 Å². The molecule has 4 nitrogen and oxygen atoms in total. The molecule has 0 aromatic heterocycles. The van der Waals surface area contributed by atoms with Crippen molar-refractivity contribution >= 4 is 11.6 Å². The van der Waals surface area contributed by atoms with Gasteiger partial charge in [0, 0.05) is 31.2 Å². The van der Waals surface area contributed by atoms with Crippen LogP contribution in [0.5, 0.6) is 11.5 Å². The molecule has 3 aromatic carbocycles. The van der Waals surface area contributed by atoms with Gasteiger partial charge in [-0.2, -0.15) is 0 Å². The van der Waals surface area contributed by atoms with E-state index in [1.54, 1.807) is 14.2 Å². The van der Waals surface area contributed by atoms with Crippen LogP contribution in [0.3, 0.4) is 0 Å². The highest BCUT2D eigenvalue weighted by Crippen LogP contribution is 2.33. The van der Waals surface area contributed by atoms with Gasteiger partial charge >= 0.3 is 0 Å². The first-order chi connectivity index (χ1) is 14.7. The van der Waals surface area contributed by atoms with Crippen LogP contribution in [0, 0.1) is 0 Å².